The Labute approximate surface area is 122 Å². The Balaban J connectivity index is 1.80. The summed E-state index contributed by atoms with van der Waals surface area (Å²) in [7, 11) is 0. The fraction of sp³-hybridized carbons (Fsp3) is 0.588. The first-order valence-electron chi connectivity index (χ1n) is 7.69. The standard InChI is InChI=1S/C17H26N2O/c1-14(2)12-19-10-6-9-16(13-19)17(20)18-11-15-7-4-3-5-8-15/h3-5,7-8,14,16H,6,9-13H2,1-2H3,(H,18,20). The highest BCUT2D eigenvalue weighted by Crippen LogP contribution is 2.17. The quantitative estimate of drug-likeness (QED) is 0.895. The molecule has 1 aliphatic rings. The lowest BCUT2D eigenvalue weighted by Gasteiger charge is -2.33. The average Bonchev–Trinajstić information content (AvgIpc) is 2.45. The van der Waals surface area contributed by atoms with Gasteiger partial charge in [0.15, 0.2) is 0 Å². The maximum atomic E-state index is 12.3. The molecule has 3 heteroatoms. The van der Waals surface area contributed by atoms with Crippen molar-refractivity contribution < 1.29 is 4.79 Å². The van der Waals surface area contributed by atoms with Gasteiger partial charge in [-0.15, -0.1) is 0 Å². The minimum atomic E-state index is 0.159. The summed E-state index contributed by atoms with van der Waals surface area (Å²) in [6.07, 6.45) is 2.16. The zero-order valence-corrected chi connectivity index (χ0v) is 12.6. The lowest BCUT2D eigenvalue weighted by atomic mass is 9.96. The van der Waals surface area contributed by atoms with Gasteiger partial charge in [-0.3, -0.25) is 4.79 Å². The predicted molar refractivity (Wildman–Crippen MR) is 82.3 cm³/mol. The van der Waals surface area contributed by atoms with E-state index in [1.165, 1.54) is 0 Å². The largest absolute Gasteiger partial charge is 0.352 e. The van der Waals surface area contributed by atoms with E-state index in [0.717, 1.165) is 38.0 Å². The summed E-state index contributed by atoms with van der Waals surface area (Å²) in [6.45, 7) is 8.26. The maximum Gasteiger partial charge on any atom is 0.224 e. The highest BCUT2D eigenvalue weighted by Gasteiger charge is 2.25. The van der Waals surface area contributed by atoms with Crippen molar-refractivity contribution in [2.24, 2.45) is 11.8 Å². The Bertz CT molecular complexity index is 416. The van der Waals surface area contributed by atoms with Crippen molar-refractivity contribution in [1.29, 1.82) is 0 Å². The van der Waals surface area contributed by atoms with Crippen LogP contribution in [-0.2, 0) is 11.3 Å². The molecule has 1 amide bonds. The van der Waals surface area contributed by atoms with E-state index in [1.54, 1.807) is 0 Å². The number of hydrogen-bond acceptors (Lipinski definition) is 2. The van der Waals surface area contributed by atoms with E-state index in [4.69, 9.17) is 0 Å². The van der Waals surface area contributed by atoms with Crippen LogP contribution < -0.4 is 5.32 Å². The molecule has 3 nitrogen and oxygen atoms in total. The van der Waals surface area contributed by atoms with E-state index in [2.05, 4.69) is 24.1 Å². The second-order valence-corrected chi connectivity index (χ2v) is 6.20. The summed E-state index contributed by atoms with van der Waals surface area (Å²) in [5.74, 6) is 1.04. The molecule has 0 aromatic heterocycles. The summed E-state index contributed by atoms with van der Waals surface area (Å²) in [4.78, 5) is 14.7. The zero-order chi connectivity index (χ0) is 14.4. The number of piperidine rings is 1. The first-order valence-corrected chi connectivity index (χ1v) is 7.69. The van der Waals surface area contributed by atoms with E-state index in [-0.39, 0.29) is 11.8 Å². The van der Waals surface area contributed by atoms with Crippen molar-refractivity contribution >= 4 is 5.91 Å². The Hall–Kier alpha value is -1.35. The Morgan fingerprint density at radius 2 is 2.10 bits per heavy atom. The smallest absolute Gasteiger partial charge is 0.224 e. The van der Waals surface area contributed by atoms with Crippen molar-refractivity contribution in [1.82, 2.24) is 10.2 Å². The molecule has 0 spiro atoms. The zero-order valence-electron chi connectivity index (χ0n) is 12.6. The summed E-state index contributed by atoms with van der Waals surface area (Å²) in [6, 6.07) is 10.1. The molecule has 1 fully saturated rings. The third kappa shape index (κ3) is 4.64. The summed E-state index contributed by atoms with van der Waals surface area (Å²) in [5, 5.41) is 3.08. The Morgan fingerprint density at radius 3 is 2.80 bits per heavy atom. The number of nitrogens with one attached hydrogen (secondary N) is 1. The Morgan fingerprint density at radius 1 is 1.35 bits per heavy atom. The van der Waals surface area contributed by atoms with Gasteiger partial charge in [-0.2, -0.15) is 0 Å². The third-order valence-corrected chi connectivity index (χ3v) is 3.81. The molecule has 1 aromatic rings. The van der Waals surface area contributed by atoms with E-state index >= 15 is 0 Å². The van der Waals surface area contributed by atoms with Crippen LogP contribution in [0.1, 0.15) is 32.3 Å². The average molecular weight is 274 g/mol. The second kappa shape index (κ2) is 7.44. The third-order valence-electron chi connectivity index (χ3n) is 3.81. The summed E-state index contributed by atoms with van der Waals surface area (Å²) >= 11 is 0. The van der Waals surface area contributed by atoms with Gasteiger partial charge in [0.1, 0.15) is 0 Å². The topological polar surface area (TPSA) is 32.3 Å². The number of nitrogens with zero attached hydrogens (tertiary/aromatic N) is 1. The molecular formula is C17H26N2O. The molecule has 1 atom stereocenters. The molecule has 110 valence electrons. The van der Waals surface area contributed by atoms with Gasteiger partial charge in [0.2, 0.25) is 5.91 Å². The van der Waals surface area contributed by atoms with E-state index < -0.39 is 0 Å². The van der Waals surface area contributed by atoms with E-state index in [9.17, 15) is 4.79 Å². The van der Waals surface area contributed by atoms with E-state index in [0.29, 0.717) is 12.5 Å². The van der Waals surface area contributed by atoms with Gasteiger partial charge in [0.25, 0.3) is 0 Å². The molecule has 2 rings (SSSR count). The maximum absolute atomic E-state index is 12.3. The fourth-order valence-corrected chi connectivity index (χ4v) is 2.88. The first kappa shape index (κ1) is 15.0. The van der Waals surface area contributed by atoms with Crippen molar-refractivity contribution in [3.63, 3.8) is 0 Å². The first-order chi connectivity index (χ1) is 9.65. The van der Waals surface area contributed by atoms with Crippen LogP contribution in [0.3, 0.4) is 0 Å². The van der Waals surface area contributed by atoms with Gasteiger partial charge in [-0.05, 0) is 30.9 Å². The fourth-order valence-electron chi connectivity index (χ4n) is 2.88. The molecule has 0 radical (unpaired) electrons. The SMILES string of the molecule is CC(C)CN1CCCC(C(=O)NCc2ccccc2)C1. The van der Waals surface area contributed by atoms with Gasteiger partial charge in [0, 0.05) is 19.6 Å². The Kier molecular flexibility index (Phi) is 5.60. The number of carbonyl (C=O) groups is 1. The molecule has 1 aliphatic heterocycles. The molecule has 1 saturated heterocycles. The van der Waals surface area contributed by atoms with Crippen LogP contribution in [0.2, 0.25) is 0 Å². The highest BCUT2D eigenvalue weighted by atomic mass is 16.1. The molecule has 1 heterocycles. The minimum absolute atomic E-state index is 0.159. The molecule has 0 aliphatic carbocycles. The van der Waals surface area contributed by atoms with Crippen LogP contribution in [0.4, 0.5) is 0 Å². The van der Waals surface area contributed by atoms with Crippen LogP contribution in [-0.4, -0.2) is 30.4 Å². The number of hydrogen-bond donors (Lipinski definition) is 1. The van der Waals surface area contributed by atoms with Crippen LogP contribution in [0, 0.1) is 11.8 Å². The molecule has 0 saturated carbocycles. The van der Waals surface area contributed by atoms with Crippen molar-refractivity contribution in [2.75, 3.05) is 19.6 Å². The summed E-state index contributed by atoms with van der Waals surface area (Å²) in [5.41, 5.74) is 1.16. The van der Waals surface area contributed by atoms with Crippen molar-refractivity contribution in [2.45, 2.75) is 33.2 Å². The van der Waals surface area contributed by atoms with Crippen LogP contribution in [0.5, 0.6) is 0 Å². The minimum Gasteiger partial charge on any atom is -0.352 e. The highest BCUT2D eigenvalue weighted by molar-refractivity contribution is 5.78. The van der Waals surface area contributed by atoms with Gasteiger partial charge < -0.3 is 10.2 Å². The second-order valence-electron chi connectivity index (χ2n) is 6.20. The van der Waals surface area contributed by atoms with Gasteiger partial charge >= 0.3 is 0 Å². The van der Waals surface area contributed by atoms with Gasteiger partial charge in [-0.1, -0.05) is 44.2 Å². The molecule has 0 bridgehead atoms. The lowest BCUT2D eigenvalue weighted by molar-refractivity contribution is -0.126. The molecule has 1 N–H and O–H groups in total. The van der Waals surface area contributed by atoms with E-state index in [1.807, 2.05) is 30.3 Å². The number of rotatable bonds is 5. The lowest BCUT2D eigenvalue weighted by Crippen LogP contribution is -2.43. The van der Waals surface area contributed by atoms with Crippen LogP contribution >= 0.6 is 0 Å². The molecule has 1 unspecified atom stereocenters. The number of carbonyl (C=O) groups excluding carboxylic acids is 1. The predicted octanol–water partition coefficient (Wildman–Crippen LogP) is 2.67. The molecule has 1 aromatic carbocycles. The number of amides is 1. The molecule has 20 heavy (non-hydrogen) atoms. The molecular weight excluding hydrogens is 248 g/mol. The number of likely N-dealkylation sites (tertiary alicyclic amines) is 1. The normalized spacial score (nSPS) is 20.1. The van der Waals surface area contributed by atoms with Crippen LogP contribution in [0.15, 0.2) is 30.3 Å². The number of benzene rings is 1. The van der Waals surface area contributed by atoms with Crippen LogP contribution in [0.25, 0.3) is 0 Å². The summed E-state index contributed by atoms with van der Waals surface area (Å²) < 4.78 is 0. The van der Waals surface area contributed by atoms with Gasteiger partial charge in [0.05, 0.1) is 5.92 Å². The monoisotopic (exact) mass is 274 g/mol. The van der Waals surface area contributed by atoms with Crippen molar-refractivity contribution in [3.05, 3.63) is 35.9 Å². The van der Waals surface area contributed by atoms with Gasteiger partial charge in [-0.25, -0.2) is 0 Å². The van der Waals surface area contributed by atoms with Crippen molar-refractivity contribution in [3.8, 4) is 0 Å².